The monoisotopic (exact) mass is 316 g/mol. The van der Waals surface area contributed by atoms with Crippen molar-refractivity contribution in [2.24, 2.45) is 0 Å². The molecule has 1 heterocycles. The van der Waals surface area contributed by atoms with Crippen LogP contribution in [0.2, 0.25) is 0 Å². The summed E-state index contributed by atoms with van der Waals surface area (Å²) in [7, 11) is 3.44. The zero-order valence-corrected chi connectivity index (χ0v) is 13.8. The zero-order chi connectivity index (χ0) is 15.5. The summed E-state index contributed by atoms with van der Waals surface area (Å²) >= 11 is 1.66. The van der Waals surface area contributed by atoms with Crippen LogP contribution in [0, 0.1) is 0 Å². The first kappa shape index (κ1) is 15.0. The molecular formula is C17H20N2O2S. The van der Waals surface area contributed by atoms with Crippen molar-refractivity contribution in [2.75, 3.05) is 19.1 Å². The zero-order valence-electron chi connectivity index (χ0n) is 13.0. The van der Waals surface area contributed by atoms with E-state index in [-0.39, 0.29) is 5.91 Å². The van der Waals surface area contributed by atoms with Crippen LogP contribution < -0.4 is 9.64 Å². The number of rotatable bonds is 4. The van der Waals surface area contributed by atoms with Crippen molar-refractivity contribution in [3.8, 4) is 5.75 Å². The van der Waals surface area contributed by atoms with Gasteiger partial charge in [-0.25, -0.2) is 4.98 Å². The van der Waals surface area contributed by atoms with E-state index in [1.807, 2.05) is 31.3 Å². The fraction of sp³-hybridized carbons (Fsp3) is 0.412. The van der Waals surface area contributed by atoms with Crippen molar-refractivity contribution in [3.05, 3.63) is 40.4 Å². The molecule has 0 N–H and O–H groups in total. The summed E-state index contributed by atoms with van der Waals surface area (Å²) < 4.78 is 5.20. The Balaban J connectivity index is 1.72. The van der Waals surface area contributed by atoms with Gasteiger partial charge in [0.1, 0.15) is 5.75 Å². The molecule has 2 aromatic rings. The molecule has 0 atom stereocenters. The van der Waals surface area contributed by atoms with Crippen LogP contribution in [0.4, 0.5) is 5.13 Å². The van der Waals surface area contributed by atoms with Gasteiger partial charge in [0, 0.05) is 11.9 Å². The number of fused-ring (bicyclic) bond motifs is 1. The van der Waals surface area contributed by atoms with Crippen molar-refractivity contribution in [1.82, 2.24) is 4.98 Å². The second-order valence-electron chi connectivity index (χ2n) is 5.55. The predicted octanol–water partition coefficient (Wildman–Crippen LogP) is 3.24. The Morgan fingerprint density at radius 1 is 1.36 bits per heavy atom. The minimum absolute atomic E-state index is 0.0550. The summed E-state index contributed by atoms with van der Waals surface area (Å²) in [5.41, 5.74) is 2.14. The van der Waals surface area contributed by atoms with Gasteiger partial charge < -0.3 is 4.74 Å². The van der Waals surface area contributed by atoms with Crippen molar-refractivity contribution in [2.45, 2.75) is 32.1 Å². The topological polar surface area (TPSA) is 42.4 Å². The molecule has 22 heavy (non-hydrogen) atoms. The standard InChI is InChI=1S/C17H20N2O2S/c1-19(17-18-14-8-3-4-9-15(14)22-17)16(20)11-12-6-5-7-13(10-12)21-2/h5-7,10H,3-4,8-9,11H2,1-2H3. The number of aromatic nitrogens is 1. The highest BCUT2D eigenvalue weighted by Gasteiger charge is 2.20. The smallest absolute Gasteiger partial charge is 0.232 e. The summed E-state index contributed by atoms with van der Waals surface area (Å²) in [6.45, 7) is 0. The van der Waals surface area contributed by atoms with Crippen molar-refractivity contribution >= 4 is 22.4 Å². The van der Waals surface area contributed by atoms with Crippen LogP contribution in [0.3, 0.4) is 0 Å². The number of carbonyl (C=O) groups excluding carboxylic acids is 1. The summed E-state index contributed by atoms with van der Waals surface area (Å²) in [5, 5.41) is 0.819. The summed E-state index contributed by atoms with van der Waals surface area (Å²) in [6.07, 6.45) is 4.94. The third-order valence-corrected chi connectivity index (χ3v) is 5.22. The normalized spacial score (nSPS) is 13.5. The number of amides is 1. The molecule has 0 bridgehead atoms. The average molecular weight is 316 g/mol. The van der Waals surface area contributed by atoms with Crippen LogP contribution >= 0.6 is 11.3 Å². The van der Waals surface area contributed by atoms with Crippen molar-refractivity contribution in [3.63, 3.8) is 0 Å². The molecule has 0 saturated heterocycles. The first-order valence-corrected chi connectivity index (χ1v) is 8.37. The van der Waals surface area contributed by atoms with Gasteiger partial charge >= 0.3 is 0 Å². The van der Waals surface area contributed by atoms with Crippen molar-refractivity contribution < 1.29 is 9.53 Å². The Morgan fingerprint density at radius 2 is 2.18 bits per heavy atom. The quantitative estimate of drug-likeness (QED) is 0.869. The molecular weight excluding hydrogens is 296 g/mol. The van der Waals surface area contributed by atoms with Gasteiger partial charge in [0.15, 0.2) is 5.13 Å². The summed E-state index contributed by atoms with van der Waals surface area (Å²) in [4.78, 5) is 20.2. The minimum atomic E-state index is 0.0550. The maximum atomic E-state index is 12.5. The molecule has 1 aliphatic rings. The highest BCUT2D eigenvalue weighted by molar-refractivity contribution is 7.15. The number of benzene rings is 1. The number of methoxy groups -OCH3 is 1. The molecule has 0 spiro atoms. The fourth-order valence-corrected chi connectivity index (χ4v) is 3.79. The molecule has 3 rings (SSSR count). The van der Waals surface area contributed by atoms with Crippen LogP contribution in [0.1, 0.15) is 29.0 Å². The van der Waals surface area contributed by atoms with Gasteiger partial charge in [-0.1, -0.05) is 12.1 Å². The number of hydrogen-bond acceptors (Lipinski definition) is 4. The van der Waals surface area contributed by atoms with Gasteiger partial charge in [-0.05, 0) is 43.4 Å². The molecule has 1 aromatic heterocycles. The summed E-state index contributed by atoms with van der Waals surface area (Å²) in [6, 6.07) is 7.63. The Labute approximate surface area is 134 Å². The van der Waals surface area contributed by atoms with Gasteiger partial charge in [0.05, 0.1) is 19.2 Å². The Bertz CT molecular complexity index is 658. The van der Waals surface area contributed by atoms with E-state index in [1.54, 1.807) is 23.3 Å². The van der Waals surface area contributed by atoms with Crippen LogP contribution in [0.25, 0.3) is 0 Å². The second-order valence-corrected chi connectivity index (χ2v) is 6.62. The van der Waals surface area contributed by atoms with Crippen LogP contribution in [-0.2, 0) is 24.1 Å². The van der Waals surface area contributed by atoms with E-state index < -0.39 is 0 Å². The number of thiazole rings is 1. The Kier molecular flexibility index (Phi) is 4.43. The van der Waals surface area contributed by atoms with Gasteiger partial charge in [-0.15, -0.1) is 11.3 Å². The number of nitrogens with zero attached hydrogens (tertiary/aromatic N) is 2. The largest absolute Gasteiger partial charge is 0.497 e. The molecule has 1 aliphatic carbocycles. The maximum absolute atomic E-state index is 12.5. The SMILES string of the molecule is COc1cccc(CC(=O)N(C)c2nc3c(s2)CCCC3)c1. The van der Waals surface area contributed by atoms with E-state index in [0.717, 1.165) is 29.3 Å². The molecule has 5 heteroatoms. The molecule has 0 saturated carbocycles. The number of likely N-dealkylation sites (N-methyl/N-ethyl adjacent to an activating group) is 1. The van der Waals surface area contributed by atoms with Gasteiger partial charge in [-0.3, -0.25) is 9.69 Å². The summed E-state index contributed by atoms with van der Waals surface area (Å²) in [5.74, 6) is 0.831. The minimum Gasteiger partial charge on any atom is -0.497 e. The first-order valence-electron chi connectivity index (χ1n) is 7.55. The highest BCUT2D eigenvalue weighted by Crippen LogP contribution is 2.31. The Hall–Kier alpha value is -1.88. The predicted molar refractivity (Wildman–Crippen MR) is 88.9 cm³/mol. The molecule has 0 unspecified atom stereocenters. The molecule has 0 aliphatic heterocycles. The van der Waals surface area contributed by atoms with Crippen molar-refractivity contribution in [1.29, 1.82) is 0 Å². The number of ether oxygens (including phenoxy) is 1. The molecule has 0 radical (unpaired) electrons. The third-order valence-electron chi connectivity index (χ3n) is 3.98. The molecule has 4 nitrogen and oxygen atoms in total. The lowest BCUT2D eigenvalue weighted by Crippen LogP contribution is -2.27. The van der Waals surface area contributed by atoms with Gasteiger partial charge in [0.2, 0.25) is 5.91 Å². The average Bonchev–Trinajstić information content (AvgIpc) is 2.98. The maximum Gasteiger partial charge on any atom is 0.232 e. The second kappa shape index (κ2) is 6.48. The first-order chi connectivity index (χ1) is 10.7. The lowest BCUT2D eigenvalue weighted by Gasteiger charge is -2.14. The molecule has 1 aromatic carbocycles. The number of hydrogen-bond donors (Lipinski definition) is 0. The van der Waals surface area contributed by atoms with Crippen LogP contribution in [-0.4, -0.2) is 25.0 Å². The lowest BCUT2D eigenvalue weighted by molar-refractivity contribution is -0.117. The fourth-order valence-electron chi connectivity index (χ4n) is 2.66. The Morgan fingerprint density at radius 3 is 2.95 bits per heavy atom. The van der Waals surface area contributed by atoms with E-state index in [1.165, 1.54) is 23.4 Å². The third kappa shape index (κ3) is 3.14. The van der Waals surface area contributed by atoms with E-state index in [0.29, 0.717) is 6.42 Å². The van der Waals surface area contributed by atoms with Crippen LogP contribution in [0.5, 0.6) is 5.75 Å². The molecule has 116 valence electrons. The van der Waals surface area contributed by atoms with Gasteiger partial charge in [0.25, 0.3) is 0 Å². The van der Waals surface area contributed by atoms with E-state index >= 15 is 0 Å². The van der Waals surface area contributed by atoms with E-state index in [2.05, 4.69) is 4.98 Å². The van der Waals surface area contributed by atoms with E-state index in [4.69, 9.17) is 4.74 Å². The number of carbonyl (C=O) groups is 1. The highest BCUT2D eigenvalue weighted by atomic mass is 32.1. The van der Waals surface area contributed by atoms with E-state index in [9.17, 15) is 4.79 Å². The number of anilines is 1. The molecule has 0 fully saturated rings. The van der Waals surface area contributed by atoms with Gasteiger partial charge in [-0.2, -0.15) is 0 Å². The number of aryl methyl sites for hydroxylation is 2. The molecule has 1 amide bonds. The lowest BCUT2D eigenvalue weighted by atomic mass is 10.0. The van der Waals surface area contributed by atoms with Crippen LogP contribution in [0.15, 0.2) is 24.3 Å².